The van der Waals surface area contributed by atoms with Crippen LogP contribution in [0.25, 0.3) is 0 Å². The van der Waals surface area contributed by atoms with E-state index in [2.05, 4.69) is 10.6 Å². The molecule has 1 atom stereocenters. The van der Waals surface area contributed by atoms with Gasteiger partial charge in [0.1, 0.15) is 0 Å². The first kappa shape index (κ1) is 15.4. The predicted molar refractivity (Wildman–Crippen MR) is 73.5 cm³/mol. The molecule has 1 rings (SSSR count). The number of rotatable bonds is 8. The van der Waals surface area contributed by atoms with Crippen LogP contribution in [0, 0.1) is 5.92 Å². The van der Waals surface area contributed by atoms with E-state index in [0.717, 1.165) is 18.9 Å². The van der Waals surface area contributed by atoms with Crippen molar-refractivity contribution in [2.24, 2.45) is 5.92 Å². The second-order valence-electron chi connectivity index (χ2n) is 5.27. The number of nitrogens with one attached hydrogen (secondary N) is 2. The molecule has 106 valence electrons. The van der Waals surface area contributed by atoms with Gasteiger partial charge in [0.05, 0.1) is 6.04 Å². The Morgan fingerprint density at radius 2 is 2.06 bits per heavy atom. The van der Waals surface area contributed by atoms with Gasteiger partial charge >= 0.3 is 0 Å². The Morgan fingerprint density at radius 1 is 1.33 bits per heavy atom. The summed E-state index contributed by atoms with van der Waals surface area (Å²) in [5.41, 5.74) is 0. The van der Waals surface area contributed by atoms with E-state index >= 15 is 0 Å². The fourth-order valence-corrected chi connectivity index (χ4v) is 2.41. The molecule has 4 nitrogen and oxygen atoms in total. The minimum atomic E-state index is -0.0885. The van der Waals surface area contributed by atoms with Crippen LogP contribution < -0.4 is 10.6 Å². The van der Waals surface area contributed by atoms with Gasteiger partial charge in [0.25, 0.3) is 0 Å². The molecule has 2 N–H and O–H groups in total. The minimum absolute atomic E-state index is 0.0885. The molecule has 0 aromatic heterocycles. The Hall–Kier alpha value is -0.610. The summed E-state index contributed by atoms with van der Waals surface area (Å²) in [6, 6.07) is -0.0885. The van der Waals surface area contributed by atoms with E-state index in [1.807, 2.05) is 6.92 Å². The molecule has 1 aliphatic carbocycles. The van der Waals surface area contributed by atoms with E-state index in [1.54, 1.807) is 7.11 Å². The summed E-state index contributed by atoms with van der Waals surface area (Å²) in [4.78, 5) is 11.8. The summed E-state index contributed by atoms with van der Waals surface area (Å²) in [5.74, 6) is 0.865. The lowest BCUT2D eigenvalue weighted by atomic mass is 9.89. The molecule has 1 unspecified atom stereocenters. The van der Waals surface area contributed by atoms with E-state index < -0.39 is 0 Å². The van der Waals surface area contributed by atoms with Gasteiger partial charge in [0.2, 0.25) is 5.91 Å². The van der Waals surface area contributed by atoms with Crippen LogP contribution in [0.3, 0.4) is 0 Å². The van der Waals surface area contributed by atoms with Gasteiger partial charge in [0.15, 0.2) is 0 Å². The van der Waals surface area contributed by atoms with Crippen LogP contribution >= 0.6 is 0 Å². The summed E-state index contributed by atoms with van der Waals surface area (Å²) in [7, 11) is 1.68. The molecule has 18 heavy (non-hydrogen) atoms. The lowest BCUT2D eigenvalue weighted by Crippen LogP contribution is -2.44. The quantitative estimate of drug-likeness (QED) is 0.650. The molecule has 0 aromatic rings. The zero-order valence-corrected chi connectivity index (χ0v) is 11.8. The second kappa shape index (κ2) is 9.34. The van der Waals surface area contributed by atoms with Crippen molar-refractivity contribution in [3.05, 3.63) is 0 Å². The molecule has 1 saturated carbocycles. The molecule has 0 radical (unpaired) electrons. The smallest absolute Gasteiger partial charge is 0.236 e. The topological polar surface area (TPSA) is 50.4 Å². The molecule has 1 aliphatic rings. The number of carbonyl (C=O) groups excluding carboxylic acids is 1. The summed E-state index contributed by atoms with van der Waals surface area (Å²) < 4.78 is 4.94. The van der Waals surface area contributed by atoms with Crippen LogP contribution in [-0.4, -0.2) is 38.8 Å². The Bertz CT molecular complexity index is 228. The van der Waals surface area contributed by atoms with Crippen molar-refractivity contribution in [1.29, 1.82) is 0 Å². The summed E-state index contributed by atoms with van der Waals surface area (Å²) in [5, 5.41) is 6.27. The van der Waals surface area contributed by atoms with Crippen LogP contribution in [0.2, 0.25) is 0 Å². The van der Waals surface area contributed by atoms with Crippen molar-refractivity contribution in [2.45, 2.75) is 51.5 Å². The summed E-state index contributed by atoms with van der Waals surface area (Å²) in [6.45, 7) is 4.31. The first-order valence-electron chi connectivity index (χ1n) is 7.24. The van der Waals surface area contributed by atoms with Gasteiger partial charge in [-0.15, -0.1) is 0 Å². The number of hydrogen-bond acceptors (Lipinski definition) is 3. The fraction of sp³-hybridized carbons (Fsp3) is 0.929. The van der Waals surface area contributed by atoms with Gasteiger partial charge in [-0.3, -0.25) is 4.79 Å². The Balaban J connectivity index is 2.07. The Labute approximate surface area is 111 Å². The SMILES string of the molecule is COCCCNC(=O)C(C)NCC1CCCCC1. The van der Waals surface area contributed by atoms with E-state index in [4.69, 9.17) is 4.74 Å². The van der Waals surface area contributed by atoms with Crippen molar-refractivity contribution >= 4 is 5.91 Å². The van der Waals surface area contributed by atoms with Gasteiger partial charge in [-0.25, -0.2) is 0 Å². The van der Waals surface area contributed by atoms with Crippen LogP contribution in [0.5, 0.6) is 0 Å². The summed E-state index contributed by atoms with van der Waals surface area (Å²) >= 11 is 0. The van der Waals surface area contributed by atoms with E-state index in [9.17, 15) is 4.79 Å². The highest BCUT2D eigenvalue weighted by Crippen LogP contribution is 2.22. The molecule has 0 aliphatic heterocycles. The highest BCUT2D eigenvalue weighted by atomic mass is 16.5. The molecule has 0 heterocycles. The van der Waals surface area contributed by atoms with Crippen LogP contribution in [0.1, 0.15) is 45.4 Å². The standard InChI is InChI=1S/C14H28N2O2/c1-12(14(17)15-9-6-10-18-2)16-11-13-7-4-3-5-8-13/h12-13,16H,3-11H2,1-2H3,(H,15,17). The minimum Gasteiger partial charge on any atom is -0.385 e. The molecule has 0 saturated heterocycles. The fourth-order valence-electron chi connectivity index (χ4n) is 2.41. The number of carbonyl (C=O) groups is 1. The van der Waals surface area contributed by atoms with Crippen LogP contribution in [0.15, 0.2) is 0 Å². The number of methoxy groups -OCH3 is 1. The molecular weight excluding hydrogens is 228 g/mol. The van der Waals surface area contributed by atoms with Crippen LogP contribution in [-0.2, 0) is 9.53 Å². The molecule has 0 aromatic carbocycles. The zero-order chi connectivity index (χ0) is 13.2. The first-order chi connectivity index (χ1) is 8.74. The van der Waals surface area contributed by atoms with Gasteiger partial charge in [-0.1, -0.05) is 19.3 Å². The second-order valence-corrected chi connectivity index (χ2v) is 5.27. The molecule has 0 spiro atoms. The predicted octanol–water partition coefficient (Wildman–Crippen LogP) is 1.70. The maximum Gasteiger partial charge on any atom is 0.236 e. The normalized spacial score (nSPS) is 18.6. The lowest BCUT2D eigenvalue weighted by molar-refractivity contribution is -0.122. The van der Waals surface area contributed by atoms with Crippen molar-refractivity contribution in [2.75, 3.05) is 26.8 Å². The van der Waals surface area contributed by atoms with Gasteiger partial charge in [-0.2, -0.15) is 0 Å². The highest BCUT2D eigenvalue weighted by molar-refractivity contribution is 5.81. The monoisotopic (exact) mass is 256 g/mol. The van der Waals surface area contributed by atoms with E-state index in [-0.39, 0.29) is 11.9 Å². The number of hydrogen-bond donors (Lipinski definition) is 2. The highest BCUT2D eigenvalue weighted by Gasteiger charge is 2.16. The first-order valence-corrected chi connectivity index (χ1v) is 7.24. The van der Waals surface area contributed by atoms with E-state index in [1.165, 1.54) is 32.1 Å². The van der Waals surface area contributed by atoms with Gasteiger partial charge in [-0.05, 0) is 38.6 Å². The Kier molecular flexibility index (Phi) is 8.01. The average Bonchev–Trinajstić information content (AvgIpc) is 2.42. The molecule has 4 heteroatoms. The van der Waals surface area contributed by atoms with Crippen LogP contribution in [0.4, 0.5) is 0 Å². The van der Waals surface area contributed by atoms with Crippen molar-refractivity contribution in [1.82, 2.24) is 10.6 Å². The Morgan fingerprint density at radius 3 is 2.72 bits per heavy atom. The van der Waals surface area contributed by atoms with Crippen molar-refractivity contribution in [3.8, 4) is 0 Å². The van der Waals surface area contributed by atoms with Crippen molar-refractivity contribution < 1.29 is 9.53 Å². The lowest BCUT2D eigenvalue weighted by Gasteiger charge is -2.23. The third-order valence-electron chi connectivity index (χ3n) is 3.66. The number of ether oxygens (including phenoxy) is 1. The molecule has 0 bridgehead atoms. The average molecular weight is 256 g/mol. The van der Waals surface area contributed by atoms with Gasteiger partial charge in [0, 0.05) is 20.3 Å². The zero-order valence-electron chi connectivity index (χ0n) is 11.8. The number of amides is 1. The largest absolute Gasteiger partial charge is 0.385 e. The molecule has 1 amide bonds. The summed E-state index contributed by atoms with van der Waals surface area (Å²) in [6.07, 6.45) is 7.59. The maximum absolute atomic E-state index is 11.8. The molecular formula is C14H28N2O2. The maximum atomic E-state index is 11.8. The van der Waals surface area contributed by atoms with Gasteiger partial charge < -0.3 is 15.4 Å². The third-order valence-corrected chi connectivity index (χ3v) is 3.66. The third kappa shape index (κ3) is 6.36. The molecule has 1 fully saturated rings. The van der Waals surface area contributed by atoms with Crippen molar-refractivity contribution in [3.63, 3.8) is 0 Å². The van der Waals surface area contributed by atoms with E-state index in [0.29, 0.717) is 13.2 Å².